The van der Waals surface area contributed by atoms with Crippen molar-refractivity contribution in [3.63, 3.8) is 0 Å². The molecule has 0 aromatic heterocycles. The van der Waals surface area contributed by atoms with Gasteiger partial charge < -0.3 is 9.64 Å². The van der Waals surface area contributed by atoms with E-state index in [1.165, 1.54) is 19.3 Å². The Labute approximate surface area is 132 Å². The minimum absolute atomic E-state index is 0.0724. The third-order valence-electron chi connectivity index (χ3n) is 3.72. The SMILES string of the molecule is CC(C)Oc1ccc(C(=O)CCN2CCCCC2)cc1Cl. The van der Waals surface area contributed by atoms with Gasteiger partial charge in [-0.25, -0.2) is 0 Å². The molecule has 1 saturated heterocycles. The lowest BCUT2D eigenvalue weighted by molar-refractivity contribution is 0.0958. The Morgan fingerprint density at radius 2 is 2.00 bits per heavy atom. The largest absolute Gasteiger partial charge is 0.489 e. The molecule has 0 unspecified atom stereocenters. The molecule has 116 valence electrons. The van der Waals surface area contributed by atoms with Crippen LogP contribution in [0.5, 0.6) is 5.75 Å². The molecule has 0 radical (unpaired) electrons. The van der Waals surface area contributed by atoms with Crippen molar-refractivity contribution in [2.45, 2.75) is 45.6 Å². The molecule has 21 heavy (non-hydrogen) atoms. The zero-order valence-corrected chi connectivity index (χ0v) is 13.7. The summed E-state index contributed by atoms with van der Waals surface area (Å²) in [6.45, 7) is 6.99. The molecular formula is C17H24ClNO2. The molecule has 1 aromatic rings. The van der Waals surface area contributed by atoms with Crippen LogP contribution < -0.4 is 4.74 Å². The molecule has 1 aromatic carbocycles. The van der Waals surface area contributed by atoms with Crippen LogP contribution in [0.2, 0.25) is 5.02 Å². The summed E-state index contributed by atoms with van der Waals surface area (Å²) in [5, 5.41) is 0.507. The van der Waals surface area contributed by atoms with Gasteiger partial charge in [-0.3, -0.25) is 4.79 Å². The first-order valence-electron chi connectivity index (χ1n) is 7.78. The molecule has 1 aliphatic rings. The van der Waals surface area contributed by atoms with Gasteiger partial charge in [0.05, 0.1) is 11.1 Å². The van der Waals surface area contributed by atoms with Crippen molar-refractivity contribution in [1.82, 2.24) is 4.90 Å². The highest BCUT2D eigenvalue weighted by atomic mass is 35.5. The number of Topliss-reactive ketones (excluding diaryl/α,β-unsaturated/α-hetero) is 1. The number of benzene rings is 1. The number of carbonyl (C=O) groups excluding carboxylic acids is 1. The Kier molecular flexibility index (Phi) is 6.07. The van der Waals surface area contributed by atoms with Gasteiger partial charge in [-0.1, -0.05) is 18.0 Å². The molecule has 0 saturated carbocycles. The number of halogens is 1. The quantitative estimate of drug-likeness (QED) is 0.738. The minimum Gasteiger partial charge on any atom is -0.489 e. The zero-order chi connectivity index (χ0) is 15.2. The van der Waals surface area contributed by atoms with Gasteiger partial charge in [0.2, 0.25) is 0 Å². The summed E-state index contributed by atoms with van der Waals surface area (Å²) in [5.74, 6) is 0.790. The van der Waals surface area contributed by atoms with Crippen LogP contribution in [-0.4, -0.2) is 36.4 Å². The van der Waals surface area contributed by atoms with Crippen LogP contribution in [0.3, 0.4) is 0 Å². The summed E-state index contributed by atoms with van der Waals surface area (Å²) in [7, 11) is 0. The first-order chi connectivity index (χ1) is 10.1. The van der Waals surface area contributed by atoms with Crippen LogP contribution in [0, 0.1) is 0 Å². The maximum absolute atomic E-state index is 12.2. The Hall–Kier alpha value is -1.06. The summed E-state index contributed by atoms with van der Waals surface area (Å²) < 4.78 is 5.58. The van der Waals surface area contributed by atoms with Crippen molar-refractivity contribution in [3.8, 4) is 5.75 Å². The van der Waals surface area contributed by atoms with Crippen LogP contribution >= 0.6 is 11.6 Å². The van der Waals surface area contributed by atoms with Crippen LogP contribution in [0.1, 0.15) is 49.9 Å². The van der Waals surface area contributed by atoms with Crippen molar-refractivity contribution < 1.29 is 9.53 Å². The molecule has 1 fully saturated rings. The van der Waals surface area contributed by atoms with Crippen LogP contribution in [0.4, 0.5) is 0 Å². The van der Waals surface area contributed by atoms with Gasteiger partial charge in [0.25, 0.3) is 0 Å². The van der Waals surface area contributed by atoms with E-state index in [-0.39, 0.29) is 11.9 Å². The van der Waals surface area contributed by atoms with Crippen molar-refractivity contribution >= 4 is 17.4 Å². The Morgan fingerprint density at radius 1 is 1.29 bits per heavy atom. The lowest BCUT2D eigenvalue weighted by atomic mass is 10.1. The summed E-state index contributed by atoms with van der Waals surface area (Å²) in [6.07, 6.45) is 4.45. The van der Waals surface area contributed by atoms with Gasteiger partial charge in [0, 0.05) is 18.5 Å². The van der Waals surface area contributed by atoms with E-state index < -0.39 is 0 Å². The molecule has 0 atom stereocenters. The van der Waals surface area contributed by atoms with Crippen LogP contribution in [0.15, 0.2) is 18.2 Å². The summed E-state index contributed by atoms with van der Waals surface area (Å²) in [5.41, 5.74) is 0.674. The molecule has 1 heterocycles. The van der Waals surface area contributed by atoms with Gasteiger partial charge in [-0.2, -0.15) is 0 Å². The smallest absolute Gasteiger partial charge is 0.164 e. The Balaban J connectivity index is 1.91. The second kappa shape index (κ2) is 7.81. The predicted octanol–water partition coefficient (Wildman–Crippen LogP) is 4.19. The standard InChI is InChI=1S/C17H24ClNO2/c1-13(2)21-17-7-6-14(12-15(17)18)16(20)8-11-19-9-4-3-5-10-19/h6-7,12-13H,3-5,8-11H2,1-2H3. The molecular weight excluding hydrogens is 286 g/mol. The van der Waals surface area contributed by atoms with E-state index in [0.717, 1.165) is 19.6 Å². The van der Waals surface area contributed by atoms with Crippen molar-refractivity contribution in [1.29, 1.82) is 0 Å². The number of ketones is 1. The highest BCUT2D eigenvalue weighted by Gasteiger charge is 2.14. The van der Waals surface area contributed by atoms with Crippen LogP contribution in [-0.2, 0) is 0 Å². The van der Waals surface area contributed by atoms with Crippen molar-refractivity contribution in [3.05, 3.63) is 28.8 Å². The van der Waals surface area contributed by atoms with Crippen molar-refractivity contribution in [2.24, 2.45) is 0 Å². The molecule has 3 nitrogen and oxygen atoms in total. The topological polar surface area (TPSA) is 29.5 Å². The molecule has 0 amide bonds. The van der Waals surface area contributed by atoms with E-state index in [4.69, 9.17) is 16.3 Å². The number of piperidine rings is 1. The average molecular weight is 310 g/mol. The van der Waals surface area contributed by atoms with Gasteiger partial charge in [-0.15, -0.1) is 0 Å². The van der Waals surface area contributed by atoms with E-state index in [0.29, 0.717) is 22.8 Å². The first-order valence-corrected chi connectivity index (χ1v) is 8.16. The van der Waals surface area contributed by atoms with E-state index in [1.54, 1.807) is 12.1 Å². The maximum atomic E-state index is 12.2. The lowest BCUT2D eigenvalue weighted by Crippen LogP contribution is -2.31. The number of nitrogens with zero attached hydrogens (tertiary/aromatic N) is 1. The summed E-state index contributed by atoms with van der Waals surface area (Å²) in [4.78, 5) is 14.6. The fourth-order valence-electron chi connectivity index (χ4n) is 2.61. The number of hydrogen-bond acceptors (Lipinski definition) is 3. The zero-order valence-electron chi connectivity index (χ0n) is 12.9. The normalized spacial score (nSPS) is 16.2. The molecule has 2 rings (SSSR count). The monoisotopic (exact) mass is 309 g/mol. The summed E-state index contributed by atoms with van der Waals surface area (Å²) >= 11 is 6.18. The highest BCUT2D eigenvalue weighted by molar-refractivity contribution is 6.32. The number of carbonyl (C=O) groups is 1. The van der Waals surface area contributed by atoms with Gasteiger partial charge in [0.1, 0.15) is 5.75 Å². The molecule has 1 aliphatic heterocycles. The summed E-state index contributed by atoms with van der Waals surface area (Å²) in [6, 6.07) is 5.32. The number of ether oxygens (including phenoxy) is 1. The molecule has 4 heteroatoms. The van der Waals surface area contributed by atoms with Gasteiger partial charge in [-0.05, 0) is 58.0 Å². The van der Waals surface area contributed by atoms with Crippen molar-refractivity contribution in [2.75, 3.05) is 19.6 Å². The third-order valence-corrected chi connectivity index (χ3v) is 4.02. The van der Waals surface area contributed by atoms with Gasteiger partial charge in [0.15, 0.2) is 5.78 Å². The number of likely N-dealkylation sites (tertiary alicyclic amines) is 1. The minimum atomic E-state index is 0.0724. The van der Waals surface area contributed by atoms with E-state index in [1.807, 2.05) is 19.9 Å². The molecule has 0 bridgehead atoms. The average Bonchev–Trinajstić information content (AvgIpc) is 2.47. The van der Waals surface area contributed by atoms with Crippen LogP contribution in [0.25, 0.3) is 0 Å². The van der Waals surface area contributed by atoms with E-state index >= 15 is 0 Å². The first kappa shape index (κ1) is 16.3. The Morgan fingerprint density at radius 3 is 2.62 bits per heavy atom. The molecule has 0 aliphatic carbocycles. The van der Waals surface area contributed by atoms with E-state index in [2.05, 4.69) is 4.90 Å². The van der Waals surface area contributed by atoms with E-state index in [9.17, 15) is 4.79 Å². The predicted molar refractivity (Wildman–Crippen MR) is 86.5 cm³/mol. The number of hydrogen-bond donors (Lipinski definition) is 0. The lowest BCUT2D eigenvalue weighted by Gasteiger charge is -2.25. The maximum Gasteiger partial charge on any atom is 0.164 e. The fraction of sp³-hybridized carbons (Fsp3) is 0.588. The second-order valence-electron chi connectivity index (χ2n) is 5.89. The second-order valence-corrected chi connectivity index (χ2v) is 6.29. The fourth-order valence-corrected chi connectivity index (χ4v) is 2.84. The van der Waals surface area contributed by atoms with Gasteiger partial charge >= 0.3 is 0 Å². The highest BCUT2D eigenvalue weighted by Crippen LogP contribution is 2.27. The third kappa shape index (κ3) is 5.01. The molecule has 0 N–H and O–H groups in total. The number of rotatable bonds is 6. The molecule has 0 spiro atoms. The Bertz CT molecular complexity index is 482.